The van der Waals surface area contributed by atoms with Crippen LogP contribution >= 0.6 is 0 Å². The molecule has 2 unspecified atom stereocenters. The zero-order valence-corrected chi connectivity index (χ0v) is 11.1. The quantitative estimate of drug-likeness (QED) is 0.319. The molecular weight excluding hydrogens is 220 g/mol. The predicted molar refractivity (Wildman–Crippen MR) is 77.3 cm³/mol. The van der Waals surface area contributed by atoms with Crippen LogP contribution in [0.15, 0.2) is 36.9 Å². The lowest BCUT2D eigenvalue weighted by Crippen LogP contribution is -2.43. The molecule has 1 aromatic carbocycles. The first-order chi connectivity index (χ1) is 8.86. The Morgan fingerprint density at radius 3 is 2.89 bits per heavy atom. The van der Waals surface area contributed by atoms with E-state index in [1.54, 1.807) is 0 Å². The molecule has 18 heavy (non-hydrogen) atoms. The first kappa shape index (κ1) is 13.3. The molecule has 0 radical (unpaired) electrons. The molecule has 1 aliphatic rings. The monoisotopic (exact) mass is 244 g/mol. The van der Waals surface area contributed by atoms with E-state index < -0.39 is 0 Å². The van der Waals surface area contributed by atoms with Crippen LogP contribution in [0.5, 0.6) is 0 Å². The van der Waals surface area contributed by atoms with E-state index in [4.69, 9.17) is 5.84 Å². The third-order valence-electron chi connectivity index (χ3n) is 4.02. The Morgan fingerprint density at radius 2 is 2.17 bits per heavy atom. The maximum absolute atomic E-state index is 5.72. The van der Waals surface area contributed by atoms with Gasteiger partial charge in [0.25, 0.3) is 0 Å². The highest BCUT2D eigenvalue weighted by molar-refractivity contribution is 5.41. The summed E-state index contributed by atoms with van der Waals surface area (Å²) in [5, 5.41) is 0. The zero-order valence-electron chi connectivity index (χ0n) is 11.1. The third kappa shape index (κ3) is 3.01. The number of benzene rings is 1. The van der Waals surface area contributed by atoms with Crippen LogP contribution in [0.1, 0.15) is 49.1 Å². The molecule has 0 fully saturated rings. The number of nitrogens with two attached hydrogens (primary N) is 1. The second-order valence-corrected chi connectivity index (χ2v) is 5.21. The number of nitrogens with one attached hydrogen (secondary N) is 1. The minimum absolute atomic E-state index is 0.434. The molecule has 2 rings (SSSR count). The van der Waals surface area contributed by atoms with Crippen LogP contribution in [0, 0.1) is 0 Å². The fraction of sp³-hybridized carbons (Fsp3) is 0.500. The van der Waals surface area contributed by atoms with Crippen molar-refractivity contribution in [1.82, 2.24) is 5.43 Å². The Balaban J connectivity index is 1.79. The molecule has 1 aromatic rings. The number of unbranched alkanes of at least 4 members (excludes halogenated alkanes) is 3. The highest BCUT2D eigenvalue weighted by Gasteiger charge is 2.31. The molecule has 0 spiro atoms. The lowest BCUT2D eigenvalue weighted by molar-refractivity contribution is 0.372. The first-order valence-corrected chi connectivity index (χ1v) is 7.01. The lowest BCUT2D eigenvalue weighted by atomic mass is 9.72. The number of hydrogen-bond acceptors (Lipinski definition) is 2. The number of fused-ring (bicyclic) bond motifs is 1. The number of rotatable bonds is 8. The van der Waals surface area contributed by atoms with Crippen LogP contribution in [-0.4, -0.2) is 6.04 Å². The van der Waals surface area contributed by atoms with Crippen molar-refractivity contribution in [2.24, 2.45) is 5.84 Å². The van der Waals surface area contributed by atoms with Crippen molar-refractivity contribution in [2.75, 3.05) is 0 Å². The van der Waals surface area contributed by atoms with Gasteiger partial charge in [-0.1, -0.05) is 43.2 Å². The highest BCUT2D eigenvalue weighted by Crippen LogP contribution is 2.38. The van der Waals surface area contributed by atoms with Crippen molar-refractivity contribution < 1.29 is 0 Å². The Labute approximate surface area is 110 Å². The standard InChI is InChI=1S/C16H24N2/c1-2-3-4-5-6-11-16(18-17)15-12-13-9-7-8-10-14(13)15/h2,7-10,15-16,18H,1,3-6,11-12,17H2. The minimum Gasteiger partial charge on any atom is -0.271 e. The van der Waals surface area contributed by atoms with Gasteiger partial charge < -0.3 is 0 Å². The molecule has 0 heterocycles. The fourth-order valence-corrected chi connectivity index (χ4v) is 2.89. The normalized spacial score (nSPS) is 18.8. The van der Waals surface area contributed by atoms with Gasteiger partial charge in [-0.2, -0.15) is 0 Å². The predicted octanol–water partition coefficient (Wildman–Crippen LogP) is 3.29. The summed E-state index contributed by atoms with van der Waals surface area (Å²) < 4.78 is 0. The van der Waals surface area contributed by atoms with Crippen molar-refractivity contribution in [1.29, 1.82) is 0 Å². The topological polar surface area (TPSA) is 38.0 Å². The summed E-state index contributed by atoms with van der Waals surface area (Å²) in [7, 11) is 0. The van der Waals surface area contributed by atoms with E-state index in [1.807, 2.05) is 6.08 Å². The third-order valence-corrected chi connectivity index (χ3v) is 4.02. The van der Waals surface area contributed by atoms with Crippen molar-refractivity contribution in [3.63, 3.8) is 0 Å². The van der Waals surface area contributed by atoms with Crippen molar-refractivity contribution in [2.45, 2.75) is 50.5 Å². The first-order valence-electron chi connectivity index (χ1n) is 7.01. The summed E-state index contributed by atoms with van der Waals surface area (Å²) in [6.07, 6.45) is 9.26. The van der Waals surface area contributed by atoms with E-state index in [2.05, 4.69) is 36.3 Å². The molecule has 0 bridgehead atoms. The van der Waals surface area contributed by atoms with E-state index in [0.717, 1.165) is 6.42 Å². The minimum atomic E-state index is 0.434. The number of hydrogen-bond donors (Lipinski definition) is 2. The molecule has 0 saturated carbocycles. The van der Waals surface area contributed by atoms with Crippen LogP contribution in [0.25, 0.3) is 0 Å². The highest BCUT2D eigenvalue weighted by atomic mass is 15.2. The summed E-state index contributed by atoms with van der Waals surface area (Å²) in [5.74, 6) is 6.33. The van der Waals surface area contributed by atoms with E-state index in [0.29, 0.717) is 12.0 Å². The van der Waals surface area contributed by atoms with Gasteiger partial charge in [-0.25, -0.2) is 0 Å². The fourth-order valence-electron chi connectivity index (χ4n) is 2.89. The summed E-state index contributed by atoms with van der Waals surface area (Å²) in [4.78, 5) is 0. The summed E-state index contributed by atoms with van der Waals surface area (Å²) >= 11 is 0. The van der Waals surface area contributed by atoms with Crippen LogP contribution < -0.4 is 11.3 Å². The Morgan fingerprint density at radius 1 is 1.33 bits per heavy atom. The molecule has 0 saturated heterocycles. The molecule has 3 N–H and O–H groups in total. The van der Waals surface area contributed by atoms with Crippen molar-refractivity contribution in [3.8, 4) is 0 Å². The van der Waals surface area contributed by atoms with E-state index in [-0.39, 0.29) is 0 Å². The Bertz CT molecular complexity index is 386. The van der Waals surface area contributed by atoms with Gasteiger partial charge in [0.2, 0.25) is 0 Å². The average molecular weight is 244 g/mol. The van der Waals surface area contributed by atoms with Gasteiger partial charge in [0.05, 0.1) is 0 Å². The van der Waals surface area contributed by atoms with Crippen LogP contribution in [0.3, 0.4) is 0 Å². The van der Waals surface area contributed by atoms with Crippen LogP contribution in [-0.2, 0) is 6.42 Å². The Kier molecular flexibility index (Phi) is 4.97. The molecule has 0 amide bonds. The van der Waals surface area contributed by atoms with Gasteiger partial charge in [0.1, 0.15) is 0 Å². The van der Waals surface area contributed by atoms with Gasteiger partial charge in [0.15, 0.2) is 0 Å². The zero-order chi connectivity index (χ0) is 12.8. The van der Waals surface area contributed by atoms with E-state index in [9.17, 15) is 0 Å². The largest absolute Gasteiger partial charge is 0.271 e. The van der Waals surface area contributed by atoms with Gasteiger partial charge >= 0.3 is 0 Å². The molecule has 98 valence electrons. The van der Waals surface area contributed by atoms with Crippen LogP contribution in [0.4, 0.5) is 0 Å². The molecule has 2 heteroatoms. The van der Waals surface area contributed by atoms with Gasteiger partial charge in [0, 0.05) is 12.0 Å². The maximum atomic E-state index is 5.72. The smallest absolute Gasteiger partial charge is 0.0282 e. The summed E-state index contributed by atoms with van der Waals surface area (Å²) in [5.41, 5.74) is 6.00. The molecule has 2 nitrogen and oxygen atoms in total. The second kappa shape index (κ2) is 6.72. The number of hydrazine groups is 1. The van der Waals surface area contributed by atoms with Crippen molar-refractivity contribution >= 4 is 0 Å². The van der Waals surface area contributed by atoms with Crippen LogP contribution in [0.2, 0.25) is 0 Å². The van der Waals surface area contributed by atoms with Gasteiger partial charge in [-0.15, -0.1) is 6.58 Å². The molecule has 1 aliphatic carbocycles. The summed E-state index contributed by atoms with van der Waals surface area (Å²) in [6, 6.07) is 9.15. The average Bonchev–Trinajstić information content (AvgIpc) is 2.37. The number of allylic oxidation sites excluding steroid dienone is 1. The second-order valence-electron chi connectivity index (χ2n) is 5.21. The van der Waals surface area contributed by atoms with E-state index >= 15 is 0 Å². The maximum Gasteiger partial charge on any atom is 0.0282 e. The molecule has 2 atom stereocenters. The molecule has 0 aromatic heterocycles. The SMILES string of the molecule is C=CCCCCCC(NN)C1Cc2ccccc21. The molecular formula is C16H24N2. The Hall–Kier alpha value is -1.12. The van der Waals surface area contributed by atoms with E-state index in [1.165, 1.54) is 43.2 Å². The van der Waals surface area contributed by atoms with Crippen molar-refractivity contribution in [3.05, 3.63) is 48.0 Å². The summed E-state index contributed by atoms with van der Waals surface area (Å²) in [6.45, 7) is 3.75. The van der Waals surface area contributed by atoms with Gasteiger partial charge in [-0.3, -0.25) is 11.3 Å². The lowest BCUT2D eigenvalue weighted by Gasteiger charge is -2.36. The molecule has 0 aliphatic heterocycles. The van der Waals surface area contributed by atoms with Gasteiger partial charge in [-0.05, 0) is 36.8 Å².